The molecule has 0 aromatic heterocycles. The first-order valence-corrected chi connectivity index (χ1v) is 7.60. The number of carbonyl (C=O) groups excluding carboxylic acids is 3. The maximum Gasteiger partial charge on any atom is 0.265 e. The van der Waals surface area contributed by atoms with Crippen LogP contribution in [0.15, 0.2) is 42.5 Å². The van der Waals surface area contributed by atoms with Gasteiger partial charge in [-0.15, -0.1) is 0 Å². The molecule has 1 heterocycles. The Kier molecular flexibility index (Phi) is 4.38. The highest BCUT2D eigenvalue weighted by Crippen LogP contribution is 2.31. The molecular formula is C18H15N2O5-. The fourth-order valence-electron chi connectivity index (χ4n) is 2.59. The minimum Gasteiger partial charge on any atom is -0.545 e. The lowest BCUT2D eigenvalue weighted by Gasteiger charge is -2.28. The van der Waals surface area contributed by atoms with E-state index in [4.69, 9.17) is 4.74 Å². The van der Waals surface area contributed by atoms with Gasteiger partial charge < -0.3 is 20.0 Å². The summed E-state index contributed by atoms with van der Waals surface area (Å²) in [6, 6.07) is 11.2. The Morgan fingerprint density at radius 3 is 2.72 bits per heavy atom. The van der Waals surface area contributed by atoms with Crippen LogP contribution >= 0.6 is 0 Å². The summed E-state index contributed by atoms with van der Waals surface area (Å²) in [5.41, 5.74) is 1.64. The van der Waals surface area contributed by atoms with E-state index < -0.39 is 11.9 Å². The van der Waals surface area contributed by atoms with Gasteiger partial charge in [0.15, 0.2) is 6.61 Å². The van der Waals surface area contributed by atoms with Crippen LogP contribution in [0.25, 0.3) is 0 Å². The third-order valence-electron chi connectivity index (χ3n) is 3.85. The molecule has 1 aliphatic heterocycles. The number of aromatic carboxylic acids is 1. The van der Waals surface area contributed by atoms with Gasteiger partial charge in [-0.3, -0.25) is 14.5 Å². The third-order valence-corrected chi connectivity index (χ3v) is 3.85. The van der Waals surface area contributed by atoms with Crippen molar-refractivity contribution in [2.45, 2.75) is 6.92 Å². The predicted octanol–water partition coefficient (Wildman–Crippen LogP) is 0.723. The van der Waals surface area contributed by atoms with Crippen LogP contribution in [0.3, 0.4) is 0 Å². The van der Waals surface area contributed by atoms with Gasteiger partial charge >= 0.3 is 0 Å². The van der Waals surface area contributed by atoms with Gasteiger partial charge in [0.05, 0.1) is 11.7 Å². The van der Waals surface area contributed by atoms with Crippen molar-refractivity contribution in [2.75, 3.05) is 23.4 Å². The molecule has 0 radical (unpaired) electrons. The van der Waals surface area contributed by atoms with E-state index in [1.165, 1.54) is 23.1 Å². The summed E-state index contributed by atoms with van der Waals surface area (Å²) >= 11 is 0. The second-order valence-corrected chi connectivity index (χ2v) is 5.60. The number of carboxylic acids is 1. The van der Waals surface area contributed by atoms with Gasteiger partial charge in [0.25, 0.3) is 5.91 Å². The Morgan fingerprint density at radius 1 is 1.24 bits per heavy atom. The molecule has 7 heteroatoms. The van der Waals surface area contributed by atoms with E-state index in [1.807, 2.05) is 0 Å². The zero-order valence-electron chi connectivity index (χ0n) is 13.4. The lowest BCUT2D eigenvalue weighted by atomic mass is 10.1. The Morgan fingerprint density at radius 2 is 2.00 bits per heavy atom. The number of para-hydroxylation sites is 2. The number of hydrogen-bond acceptors (Lipinski definition) is 5. The van der Waals surface area contributed by atoms with Gasteiger partial charge in [-0.2, -0.15) is 0 Å². The van der Waals surface area contributed by atoms with Crippen LogP contribution in [0.2, 0.25) is 0 Å². The highest BCUT2D eigenvalue weighted by atomic mass is 16.5. The molecule has 1 aliphatic rings. The number of nitrogens with zero attached hydrogens (tertiary/aromatic N) is 1. The summed E-state index contributed by atoms with van der Waals surface area (Å²) in [5, 5.41) is 13.5. The molecule has 0 saturated carbocycles. The maximum atomic E-state index is 12.3. The van der Waals surface area contributed by atoms with Gasteiger partial charge in [-0.05, 0) is 42.3 Å². The van der Waals surface area contributed by atoms with Gasteiger partial charge in [-0.1, -0.05) is 18.2 Å². The van der Waals surface area contributed by atoms with E-state index in [0.717, 1.165) is 0 Å². The fourth-order valence-corrected chi connectivity index (χ4v) is 2.59. The second-order valence-electron chi connectivity index (χ2n) is 5.60. The van der Waals surface area contributed by atoms with Crippen LogP contribution in [-0.2, 0) is 9.59 Å². The molecule has 7 nitrogen and oxygen atoms in total. The minimum absolute atomic E-state index is 0.0350. The molecule has 2 aromatic rings. The summed E-state index contributed by atoms with van der Waals surface area (Å²) in [6.45, 7) is 1.39. The normalized spacial score (nSPS) is 13.0. The zero-order valence-corrected chi connectivity index (χ0v) is 13.4. The fraction of sp³-hybridized carbons (Fsp3) is 0.167. The average Bonchev–Trinajstić information content (AvgIpc) is 2.59. The molecule has 0 aliphatic carbocycles. The van der Waals surface area contributed by atoms with Crippen molar-refractivity contribution in [1.82, 2.24) is 0 Å². The number of rotatable bonds is 4. The van der Waals surface area contributed by atoms with Crippen molar-refractivity contribution in [3.05, 3.63) is 53.6 Å². The number of aryl methyl sites for hydroxylation is 1. The summed E-state index contributed by atoms with van der Waals surface area (Å²) in [6.07, 6.45) is 0. The summed E-state index contributed by atoms with van der Waals surface area (Å²) in [4.78, 5) is 36.6. The van der Waals surface area contributed by atoms with Gasteiger partial charge in [-0.25, -0.2) is 0 Å². The Labute approximate surface area is 143 Å². The molecule has 1 N–H and O–H groups in total. The molecule has 2 amide bonds. The number of anilines is 2. The molecule has 0 fully saturated rings. The minimum atomic E-state index is -1.28. The molecule has 3 rings (SSSR count). The van der Waals surface area contributed by atoms with E-state index >= 15 is 0 Å². The monoisotopic (exact) mass is 339 g/mol. The Balaban J connectivity index is 1.75. The highest BCUT2D eigenvalue weighted by Gasteiger charge is 2.27. The van der Waals surface area contributed by atoms with E-state index in [0.29, 0.717) is 22.7 Å². The van der Waals surface area contributed by atoms with Crippen molar-refractivity contribution < 1.29 is 24.2 Å². The van der Waals surface area contributed by atoms with Crippen molar-refractivity contribution in [1.29, 1.82) is 0 Å². The SMILES string of the molecule is Cc1cc(C(=O)[O-])ccc1NC(=O)CN1C(=O)COc2ccccc21. The van der Waals surface area contributed by atoms with Gasteiger partial charge in [0.2, 0.25) is 5.91 Å². The van der Waals surface area contributed by atoms with E-state index in [9.17, 15) is 19.5 Å². The van der Waals surface area contributed by atoms with Crippen LogP contribution in [0.4, 0.5) is 11.4 Å². The first kappa shape index (κ1) is 16.5. The predicted molar refractivity (Wildman–Crippen MR) is 88.4 cm³/mol. The third kappa shape index (κ3) is 3.45. The van der Waals surface area contributed by atoms with Crippen LogP contribution in [0.1, 0.15) is 15.9 Å². The number of carboxylic acid groups (broad SMARTS) is 1. The standard InChI is InChI=1S/C18H16N2O5/c1-11-8-12(18(23)24)6-7-13(11)19-16(21)9-20-14-4-2-3-5-15(14)25-10-17(20)22/h2-8H,9-10H2,1H3,(H,19,21)(H,23,24)/p-1. The first-order valence-electron chi connectivity index (χ1n) is 7.60. The van der Waals surface area contributed by atoms with Crippen LogP contribution in [0.5, 0.6) is 5.75 Å². The molecule has 0 unspecified atom stereocenters. The molecule has 128 valence electrons. The van der Waals surface area contributed by atoms with Crippen molar-refractivity contribution in [3.8, 4) is 5.75 Å². The lowest BCUT2D eigenvalue weighted by molar-refractivity contribution is -0.255. The maximum absolute atomic E-state index is 12.3. The quantitative estimate of drug-likeness (QED) is 0.885. The molecule has 0 saturated heterocycles. The molecule has 2 aromatic carbocycles. The van der Waals surface area contributed by atoms with Crippen LogP contribution in [0, 0.1) is 6.92 Å². The summed E-state index contributed by atoms with van der Waals surface area (Å²) in [5.74, 6) is -1.44. The number of hydrogen-bond donors (Lipinski definition) is 1. The smallest absolute Gasteiger partial charge is 0.265 e. The molecule has 0 bridgehead atoms. The van der Waals surface area contributed by atoms with E-state index in [2.05, 4.69) is 5.32 Å². The Hall–Kier alpha value is -3.35. The van der Waals surface area contributed by atoms with E-state index in [-0.39, 0.29) is 24.6 Å². The van der Waals surface area contributed by atoms with Gasteiger partial charge in [0, 0.05) is 5.69 Å². The molecular weight excluding hydrogens is 324 g/mol. The molecule has 0 spiro atoms. The zero-order chi connectivity index (χ0) is 18.0. The first-order chi connectivity index (χ1) is 12.0. The number of benzene rings is 2. The van der Waals surface area contributed by atoms with Crippen molar-refractivity contribution in [3.63, 3.8) is 0 Å². The van der Waals surface area contributed by atoms with Gasteiger partial charge in [0.1, 0.15) is 12.3 Å². The Bertz CT molecular complexity index is 862. The molecule has 0 atom stereocenters. The number of carbonyl (C=O) groups is 3. The number of fused-ring (bicyclic) bond motifs is 1. The lowest BCUT2D eigenvalue weighted by Crippen LogP contribution is -2.43. The van der Waals surface area contributed by atoms with Crippen molar-refractivity contribution in [2.24, 2.45) is 0 Å². The number of ether oxygens (including phenoxy) is 1. The van der Waals surface area contributed by atoms with Crippen molar-refractivity contribution >= 4 is 29.2 Å². The average molecular weight is 339 g/mol. The molecule has 25 heavy (non-hydrogen) atoms. The van der Waals surface area contributed by atoms with Crippen LogP contribution < -0.4 is 20.1 Å². The summed E-state index contributed by atoms with van der Waals surface area (Å²) < 4.78 is 5.34. The number of amides is 2. The summed E-state index contributed by atoms with van der Waals surface area (Å²) in [7, 11) is 0. The van der Waals surface area contributed by atoms with Crippen LogP contribution in [-0.4, -0.2) is 30.9 Å². The second kappa shape index (κ2) is 6.64. The largest absolute Gasteiger partial charge is 0.545 e. The number of nitrogens with one attached hydrogen (secondary N) is 1. The topological polar surface area (TPSA) is 98.8 Å². The van der Waals surface area contributed by atoms with E-state index in [1.54, 1.807) is 31.2 Å². The highest BCUT2D eigenvalue weighted by molar-refractivity contribution is 6.05.